The van der Waals surface area contributed by atoms with Crippen molar-refractivity contribution in [2.75, 3.05) is 6.61 Å². The maximum atomic E-state index is 11.9. The lowest BCUT2D eigenvalue weighted by Crippen LogP contribution is -2.28. The van der Waals surface area contributed by atoms with Gasteiger partial charge in [-0.15, -0.1) is 0 Å². The number of nitrogens with zero attached hydrogens (tertiary/aromatic N) is 1. The molecule has 1 atom stereocenters. The number of ether oxygens (including phenoxy) is 2. The minimum atomic E-state index is -0.664. The van der Waals surface area contributed by atoms with Gasteiger partial charge < -0.3 is 19.4 Å². The lowest BCUT2D eigenvalue weighted by atomic mass is 10.0. The van der Waals surface area contributed by atoms with Crippen LogP contribution >= 0.6 is 11.6 Å². The van der Waals surface area contributed by atoms with E-state index in [0.717, 1.165) is 0 Å². The van der Waals surface area contributed by atoms with Crippen LogP contribution in [0.1, 0.15) is 43.1 Å². The fourth-order valence-electron chi connectivity index (χ4n) is 2.31. The topological polar surface area (TPSA) is 94.4 Å². The highest BCUT2D eigenvalue weighted by molar-refractivity contribution is 6.34. The van der Waals surface area contributed by atoms with Gasteiger partial charge in [0.1, 0.15) is 16.5 Å². The summed E-state index contributed by atoms with van der Waals surface area (Å²) in [5.74, 6) is -0.767. The van der Waals surface area contributed by atoms with Gasteiger partial charge in [0.25, 0.3) is 5.90 Å². The average Bonchev–Trinajstić information content (AvgIpc) is 2.98. The zero-order valence-corrected chi connectivity index (χ0v) is 14.3. The Hall–Kier alpha value is -2.28. The first-order valence-corrected chi connectivity index (χ1v) is 7.89. The van der Waals surface area contributed by atoms with Crippen LogP contribution in [-0.4, -0.2) is 35.5 Å². The number of carbonyl (C=O) groups is 2. The molecule has 1 aromatic carbocycles. The molecule has 1 unspecified atom stereocenters. The number of carbonyl (C=O) groups excluding carboxylic acids is 2. The first-order chi connectivity index (χ1) is 11.4. The van der Waals surface area contributed by atoms with Crippen LogP contribution in [0.4, 0.5) is 0 Å². The molecule has 0 amide bonds. The number of rotatable bonds is 5. The molecule has 24 heavy (non-hydrogen) atoms. The van der Waals surface area contributed by atoms with E-state index < -0.39 is 12.1 Å². The Bertz CT molecular complexity index is 700. The van der Waals surface area contributed by atoms with Gasteiger partial charge in [-0.2, -0.15) is 0 Å². The zero-order chi connectivity index (χ0) is 17.9. The zero-order valence-electron chi connectivity index (χ0n) is 13.6. The second-order valence-corrected chi connectivity index (χ2v) is 5.49. The Balaban J connectivity index is 2.34. The summed E-state index contributed by atoms with van der Waals surface area (Å²) >= 11 is 6.13. The van der Waals surface area contributed by atoms with Crippen molar-refractivity contribution in [2.24, 2.45) is 5.16 Å². The molecule has 8 heteroatoms. The maximum Gasteiger partial charge on any atom is 0.332 e. The first kappa shape index (κ1) is 18.1. The largest absolute Gasteiger partial charge is 0.505 e. The summed E-state index contributed by atoms with van der Waals surface area (Å²) in [6, 6.07) is 1.55. The predicted molar refractivity (Wildman–Crippen MR) is 86.7 cm³/mol. The third kappa shape index (κ3) is 3.62. The Morgan fingerprint density at radius 1 is 1.46 bits per heavy atom. The van der Waals surface area contributed by atoms with Crippen LogP contribution in [-0.2, 0) is 20.8 Å². The van der Waals surface area contributed by atoms with E-state index in [0.29, 0.717) is 18.6 Å². The molecule has 0 bridgehead atoms. The average molecular weight is 356 g/mol. The molecule has 0 radical (unpaired) electrons. The van der Waals surface area contributed by atoms with E-state index in [1.54, 1.807) is 19.9 Å². The van der Waals surface area contributed by atoms with E-state index in [2.05, 4.69) is 9.99 Å². The number of benzene rings is 1. The molecule has 1 heterocycles. The van der Waals surface area contributed by atoms with Crippen molar-refractivity contribution in [3.8, 4) is 11.5 Å². The number of phenolic OH excluding ortho intramolecular Hbond substituents is 1. The second kappa shape index (κ2) is 7.53. The molecule has 7 nitrogen and oxygen atoms in total. The van der Waals surface area contributed by atoms with E-state index in [1.165, 1.54) is 6.92 Å². The number of ketones is 1. The van der Waals surface area contributed by atoms with Crippen LogP contribution in [0.3, 0.4) is 0 Å². The number of oxime groups is 1. The monoisotopic (exact) mass is 355 g/mol. The summed E-state index contributed by atoms with van der Waals surface area (Å²) in [5.41, 5.74) is 0.801. The highest BCUT2D eigenvalue weighted by Crippen LogP contribution is 2.44. The molecule has 1 aromatic rings. The third-order valence-electron chi connectivity index (χ3n) is 3.39. The van der Waals surface area contributed by atoms with Gasteiger partial charge in [-0.3, -0.25) is 4.79 Å². The van der Waals surface area contributed by atoms with E-state index in [4.69, 9.17) is 21.1 Å². The SMILES string of the molecule is CCO/C(=N\OC(C)=O)C1Cc2cc(C(=O)CC)c(O)c(Cl)c2O1. The molecule has 130 valence electrons. The van der Waals surface area contributed by atoms with Crippen LogP contribution in [0.5, 0.6) is 11.5 Å². The molecule has 0 saturated carbocycles. The molecule has 1 N–H and O–H groups in total. The quantitative estimate of drug-likeness (QED) is 0.287. The number of halogens is 1. The van der Waals surface area contributed by atoms with Gasteiger partial charge in [-0.25, -0.2) is 4.79 Å². The molecule has 2 rings (SSSR count). The van der Waals surface area contributed by atoms with Gasteiger partial charge >= 0.3 is 5.97 Å². The van der Waals surface area contributed by atoms with Crippen molar-refractivity contribution in [1.29, 1.82) is 0 Å². The molecule has 0 fully saturated rings. The van der Waals surface area contributed by atoms with Gasteiger partial charge in [0, 0.05) is 25.3 Å². The van der Waals surface area contributed by atoms with Crippen molar-refractivity contribution in [3.63, 3.8) is 0 Å². The number of hydrogen-bond acceptors (Lipinski definition) is 7. The lowest BCUT2D eigenvalue weighted by Gasteiger charge is -2.13. The number of fused-ring (bicyclic) bond motifs is 1. The van der Waals surface area contributed by atoms with Crippen LogP contribution in [0.25, 0.3) is 0 Å². The minimum Gasteiger partial charge on any atom is -0.505 e. The second-order valence-electron chi connectivity index (χ2n) is 5.11. The van der Waals surface area contributed by atoms with Crippen molar-refractivity contribution < 1.29 is 29.0 Å². The maximum absolute atomic E-state index is 11.9. The van der Waals surface area contributed by atoms with Gasteiger partial charge in [0.2, 0.25) is 0 Å². The fourth-order valence-corrected chi connectivity index (χ4v) is 2.58. The van der Waals surface area contributed by atoms with Crippen LogP contribution in [0.15, 0.2) is 11.2 Å². The van der Waals surface area contributed by atoms with E-state index in [9.17, 15) is 14.7 Å². The molecular weight excluding hydrogens is 338 g/mol. The Morgan fingerprint density at radius 3 is 2.75 bits per heavy atom. The Morgan fingerprint density at radius 2 is 2.17 bits per heavy atom. The van der Waals surface area contributed by atoms with Crippen molar-refractivity contribution in [2.45, 2.75) is 39.7 Å². The summed E-state index contributed by atoms with van der Waals surface area (Å²) in [6.07, 6.45) is -0.104. The summed E-state index contributed by atoms with van der Waals surface area (Å²) < 4.78 is 11.0. The number of Topliss-reactive ketones (excluding diaryl/α,β-unsaturated/α-hetero) is 1. The molecule has 0 aromatic heterocycles. The minimum absolute atomic E-state index is 0.0323. The highest BCUT2D eigenvalue weighted by Gasteiger charge is 2.34. The standard InChI is InChI=1S/C16H18ClNO6/c1-4-11(20)10-6-9-7-12(23-15(9)13(17)14(10)21)16(22-5-2)18-24-8(3)19/h6,12,21H,4-5,7H2,1-3H3/b18-16-. The van der Waals surface area contributed by atoms with Crippen molar-refractivity contribution in [3.05, 3.63) is 22.2 Å². The Labute approximate surface area is 144 Å². The molecule has 0 saturated heterocycles. The van der Waals surface area contributed by atoms with Gasteiger partial charge in [0.05, 0.1) is 12.2 Å². The van der Waals surface area contributed by atoms with E-state index in [1.807, 2.05) is 0 Å². The Kier molecular flexibility index (Phi) is 5.66. The van der Waals surface area contributed by atoms with E-state index in [-0.39, 0.29) is 40.2 Å². The number of aromatic hydroxyl groups is 1. The molecule has 0 spiro atoms. The first-order valence-electron chi connectivity index (χ1n) is 7.51. The normalized spacial score (nSPS) is 16.3. The van der Waals surface area contributed by atoms with Crippen molar-refractivity contribution >= 4 is 29.3 Å². The van der Waals surface area contributed by atoms with Crippen LogP contribution < -0.4 is 4.74 Å². The molecule has 1 aliphatic rings. The van der Waals surface area contributed by atoms with Gasteiger partial charge in [0.15, 0.2) is 11.9 Å². The van der Waals surface area contributed by atoms with Gasteiger partial charge in [-0.1, -0.05) is 18.5 Å². The fraction of sp³-hybridized carbons (Fsp3) is 0.438. The van der Waals surface area contributed by atoms with Crippen LogP contribution in [0.2, 0.25) is 5.02 Å². The summed E-state index contributed by atoms with van der Waals surface area (Å²) in [4.78, 5) is 27.4. The molecular formula is C16H18ClNO6. The smallest absolute Gasteiger partial charge is 0.332 e. The van der Waals surface area contributed by atoms with Crippen molar-refractivity contribution in [1.82, 2.24) is 0 Å². The predicted octanol–water partition coefficient (Wildman–Crippen LogP) is 2.85. The summed E-state index contributed by atoms with van der Waals surface area (Å²) in [6.45, 7) is 4.97. The van der Waals surface area contributed by atoms with Crippen LogP contribution in [0, 0.1) is 0 Å². The number of hydrogen-bond donors (Lipinski definition) is 1. The number of phenols is 1. The summed E-state index contributed by atoms with van der Waals surface area (Å²) in [5, 5.41) is 13.7. The van der Waals surface area contributed by atoms with Gasteiger partial charge in [-0.05, 0) is 18.1 Å². The lowest BCUT2D eigenvalue weighted by molar-refractivity contribution is -0.141. The molecule has 1 aliphatic heterocycles. The van der Waals surface area contributed by atoms with E-state index >= 15 is 0 Å². The third-order valence-corrected chi connectivity index (χ3v) is 3.74. The molecule has 0 aliphatic carbocycles. The highest BCUT2D eigenvalue weighted by atomic mass is 35.5. The summed E-state index contributed by atoms with van der Waals surface area (Å²) in [7, 11) is 0.